The average Bonchev–Trinajstić information content (AvgIpc) is 2.42. The lowest BCUT2D eigenvalue weighted by molar-refractivity contribution is 0.127. The molecule has 104 valence electrons. The van der Waals surface area contributed by atoms with E-state index in [1.807, 2.05) is 12.1 Å². The van der Waals surface area contributed by atoms with Gasteiger partial charge in [-0.15, -0.1) is 0 Å². The van der Waals surface area contributed by atoms with Crippen molar-refractivity contribution in [2.24, 2.45) is 0 Å². The highest BCUT2D eigenvalue weighted by atomic mass is 16.4. The Morgan fingerprint density at radius 2 is 1.58 bits per heavy atom. The Labute approximate surface area is 115 Å². The summed E-state index contributed by atoms with van der Waals surface area (Å²) in [6.45, 7) is 8.92. The van der Waals surface area contributed by atoms with E-state index < -0.39 is 7.12 Å². The van der Waals surface area contributed by atoms with Crippen molar-refractivity contribution in [3.8, 4) is 0 Å². The number of rotatable bonds is 5. The Hall–Kier alpha value is -0.875. The lowest BCUT2D eigenvalue weighted by Crippen LogP contribution is -2.46. The molecule has 5 heteroatoms. The SMILES string of the molecule is CCCN1CCN(Cc2ccc(B(O)O)cc2)CC1. The molecule has 1 aliphatic heterocycles. The lowest BCUT2D eigenvalue weighted by Gasteiger charge is -2.34. The highest BCUT2D eigenvalue weighted by Gasteiger charge is 2.16. The quantitative estimate of drug-likeness (QED) is 0.727. The normalized spacial score (nSPS) is 17.6. The van der Waals surface area contributed by atoms with E-state index >= 15 is 0 Å². The minimum absolute atomic E-state index is 0.552. The van der Waals surface area contributed by atoms with Crippen molar-refractivity contribution in [1.82, 2.24) is 9.80 Å². The standard InChI is InChI=1S/C14H23BN2O2/c1-2-7-16-8-10-17(11-9-16)12-13-3-5-14(6-4-13)15(18)19/h3-6,18-19H,2,7-12H2,1H3. The molecule has 4 nitrogen and oxygen atoms in total. The van der Waals surface area contributed by atoms with E-state index in [4.69, 9.17) is 10.0 Å². The summed E-state index contributed by atoms with van der Waals surface area (Å²) in [6.07, 6.45) is 1.23. The first-order valence-corrected chi connectivity index (χ1v) is 7.08. The number of hydrogen-bond donors (Lipinski definition) is 2. The first kappa shape index (κ1) is 14.5. The summed E-state index contributed by atoms with van der Waals surface area (Å²) >= 11 is 0. The smallest absolute Gasteiger partial charge is 0.423 e. The molecule has 0 bridgehead atoms. The van der Waals surface area contributed by atoms with Crippen molar-refractivity contribution in [1.29, 1.82) is 0 Å². The maximum atomic E-state index is 9.06. The summed E-state index contributed by atoms with van der Waals surface area (Å²) in [5.74, 6) is 0. The van der Waals surface area contributed by atoms with Gasteiger partial charge < -0.3 is 14.9 Å². The number of benzene rings is 1. The number of piperazine rings is 1. The second kappa shape index (κ2) is 7.05. The monoisotopic (exact) mass is 262 g/mol. The van der Waals surface area contributed by atoms with E-state index in [2.05, 4.69) is 16.7 Å². The molecule has 0 atom stereocenters. The molecule has 0 aliphatic carbocycles. The molecule has 0 amide bonds. The van der Waals surface area contributed by atoms with Crippen molar-refractivity contribution in [3.05, 3.63) is 29.8 Å². The molecule has 0 radical (unpaired) electrons. The Balaban J connectivity index is 1.82. The topological polar surface area (TPSA) is 46.9 Å². The van der Waals surface area contributed by atoms with Gasteiger partial charge in [0.15, 0.2) is 0 Å². The van der Waals surface area contributed by atoms with E-state index in [0.717, 1.165) is 32.7 Å². The summed E-state index contributed by atoms with van der Waals surface area (Å²) < 4.78 is 0. The Bertz CT molecular complexity index is 376. The van der Waals surface area contributed by atoms with Crippen LogP contribution in [0.25, 0.3) is 0 Å². The Morgan fingerprint density at radius 3 is 2.11 bits per heavy atom. The second-order valence-corrected chi connectivity index (χ2v) is 5.23. The Morgan fingerprint density at radius 1 is 1.00 bits per heavy atom. The van der Waals surface area contributed by atoms with E-state index in [-0.39, 0.29) is 0 Å². The van der Waals surface area contributed by atoms with Crippen LogP contribution in [0.4, 0.5) is 0 Å². The fourth-order valence-electron chi connectivity index (χ4n) is 2.54. The van der Waals surface area contributed by atoms with Crippen LogP contribution in [0.2, 0.25) is 0 Å². The highest BCUT2D eigenvalue weighted by Crippen LogP contribution is 2.08. The van der Waals surface area contributed by atoms with Gasteiger partial charge in [-0.2, -0.15) is 0 Å². The van der Waals surface area contributed by atoms with Gasteiger partial charge in [-0.05, 0) is 24.0 Å². The first-order valence-electron chi connectivity index (χ1n) is 7.08. The van der Waals surface area contributed by atoms with Crippen LogP contribution in [0.3, 0.4) is 0 Å². The van der Waals surface area contributed by atoms with Crippen molar-refractivity contribution in [2.45, 2.75) is 19.9 Å². The molecule has 0 unspecified atom stereocenters. The van der Waals surface area contributed by atoms with Gasteiger partial charge in [-0.25, -0.2) is 0 Å². The van der Waals surface area contributed by atoms with E-state index in [1.54, 1.807) is 12.1 Å². The van der Waals surface area contributed by atoms with Gasteiger partial charge >= 0.3 is 7.12 Å². The van der Waals surface area contributed by atoms with Gasteiger partial charge in [-0.3, -0.25) is 4.90 Å². The van der Waals surface area contributed by atoms with Crippen LogP contribution < -0.4 is 5.46 Å². The summed E-state index contributed by atoms with van der Waals surface area (Å²) in [7, 11) is -1.37. The third-order valence-electron chi connectivity index (χ3n) is 3.69. The summed E-state index contributed by atoms with van der Waals surface area (Å²) in [4.78, 5) is 4.97. The summed E-state index contributed by atoms with van der Waals surface area (Å²) in [5.41, 5.74) is 1.78. The molecule has 2 rings (SSSR count). The zero-order chi connectivity index (χ0) is 13.7. The molecule has 1 fully saturated rings. The van der Waals surface area contributed by atoms with Crippen LogP contribution in [0, 0.1) is 0 Å². The summed E-state index contributed by atoms with van der Waals surface area (Å²) in [5, 5.41) is 18.1. The molecule has 1 aromatic rings. The molecule has 1 heterocycles. The molecule has 0 aromatic heterocycles. The van der Waals surface area contributed by atoms with E-state index in [9.17, 15) is 0 Å². The van der Waals surface area contributed by atoms with Gasteiger partial charge in [0.05, 0.1) is 0 Å². The fraction of sp³-hybridized carbons (Fsp3) is 0.571. The van der Waals surface area contributed by atoms with Crippen molar-refractivity contribution >= 4 is 12.6 Å². The predicted molar refractivity (Wildman–Crippen MR) is 78.3 cm³/mol. The van der Waals surface area contributed by atoms with Crippen LogP contribution in [0.15, 0.2) is 24.3 Å². The average molecular weight is 262 g/mol. The molecule has 0 saturated carbocycles. The van der Waals surface area contributed by atoms with Crippen molar-refractivity contribution < 1.29 is 10.0 Å². The van der Waals surface area contributed by atoms with Gasteiger partial charge in [0, 0.05) is 32.7 Å². The minimum Gasteiger partial charge on any atom is -0.423 e. The summed E-state index contributed by atoms with van der Waals surface area (Å²) in [6, 6.07) is 7.53. The third kappa shape index (κ3) is 4.32. The molecule has 2 N–H and O–H groups in total. The largest absolute Gasteiger partial charge is 0.488 e. The molecular weight excluding hydrogens is 239 g/mol. The molecule has 1 aliphatic rings. The van der Waals surface area contributed by atoms with Crippen LogP contribution in [0.1, 0.15) is 18.9 Å². The van der Waals surface area contributed by atoms with Crippen molar-refractivity contribution in [3.63, 3.8) is 0 Å². The van der Waals surface area contributed by atoms with Crippen LogP contribution in [0.5, 0.6) is 0 Å². The van der Waals surface area contributed by atoms with Crippen LogP contribution in [-0.2, 0) is 6.54 Å². The van der Waals surface area contributed by atoms with Crippen LogP contribution >= 0.6 is 0 Å². The van der Waals surface area contributed by atoms with Crippen LogP contribution in [-0.4, -0.2) is 59.7 Å². The highest BCUT2D eigenvalue weighted by molar-refractivity contribution is 6.58. The zero-order valence-electron chi connectivity index (χ0n) is 11.6. The van der Waals surface area contributed by atoms with Gasteiger partial charge in [-0.1, -0.05) is 31.2 Å². The maximum Gasteiger partial charge on any atom is 0.488 e. The molecule has 1 aromatic carbocycles. The van der Waals surface area contributed by atoms with Gasteiger partial charge in [0.1, 0.15) is 0 Å². The minimum atomic E-state index is -1.37. The predicted octanol–water partition coefficient (Wildman–Crippen LogP) is -0.106. The molecular formula is C14H23BN2O2. The van der Waals surface area contributed by atoms with Gasteiger partial charge in [0.2, 0.25) is 0 Å². The number of hydrogen-bond acceptors (Lipinski definition) is 4. The zero-order valence-corrected chi connectivity index (χ0v) is 11.6. The number of nitrogens with zero attached hydrogens (tertiary/aromatic N) is 2. The molecule has 1 saturated heterocycles. The Kier molecular flexibility index (Phi) is 5.40. The lowest BCUT2D eigenvalue weighted by atomic mass is 9.80. The van der Waals surface area contributed by atoms with Crippen molar-refractivity contribution in [2.75, 3.05) is 32.7 Å². The maximum absolute atomic E-state index is 9.06. The molecule has 19 heavy (non-hydrogen) atoms. The first-order chi connectivity index (χ1) is 9.19. The van der Waals surface area contributed by atoms with E-state index in [1.165, 1.54) is 18.5 Å². The fourth-order valence-corrected chi connectivity index (χ4v) is 2.54. The van der Waals surface area contributed by atoms with E-state index in [0.29, 0.717) is 5.46 Å². The second-order valence-electron chi connectivity index (χ2n) is 5.23. The van der Waals surface area contributed by atoms with Gasteiger partial charge in [0.25, 0.3) is 0 Å². The third-order valence-corrected chi connectivity index (χ3v) is 3.69. The molecule has 0 spiro atoms.